The van der Waals surface area contributed by atoms with Gasteiger partial charge in [0, 0.05) is 43.3 Å². The molecule has 150 valence electrons. The Labute approximate surface area is 165 Å². The summed E-state index contributed by atoms with van der Waals surface area (Å²) >= 11 is 0. The number of carboxylic acid groups (broad SMARTS) is 1. The number of fused-ring (bicyclic) bond motifs is 1. The highest BCUT2D eigenvalue weighted by atomic mass is 19.1. The van der Waals surface area contributed by atoms with Crippen LogP contribution in [-0.4, -0.2) is 41.8 Å². The van der Waals surface area contributed by atoms with Gasteiger partial charge in [0.05, 0.1) is 17.7 Å². The number of hydrogen-bond acceptors (Lipinski definition) is 4. The third kappa shape index (κ3) is 3.58. The highest BCUT2D eigenvalue weighted by Gasteiger charge is 2.20. The van der Waals surface area contributed by atoms with E-state index in [-0.39, 0.29) is 11.9 Å². The fraction of sp³-hybridized carbons (Fsp3) is 0.238. The molecule has 2 N–H and O–H groups in total. The lowest BCUT2D eigenvalue weighted by molar-refractivity contribution is 0.0695. The summed E-state index contributed by atoms with van der Waals surface area (Å²) in [5.74, 6) is -2.44. The van der Waals surface area contributed by atoms with Crippen LogP contribution in [0.25, 0.3) is 10.9 Å². The molecule has 0 amide bonds. The number of piperazine rings is 1. The van der Waals surface area contributed by atoms with Crippen LogP contribution in [0.3, 0.4) is 0 Å². The van der Waals surface area contributed by atoms with Gasteiger partial charge in [-0.05, 0) is 18.2 Å². The Hall–Kier alpha value is -3.26. The maximum Gasteiger partial charge on any atom is 0.341 e. The predicted molar refractivity (Wildman–Crippen MR) is 106 cm³/mol. The first-order valence-corrected chi connectivity index (χ1v) is 9.25. The van der Waals surface area contributed by atoms with Crippen molar-refractivity contribution < 1.29 is 18.7 Å². The third-order valence-electron chi connectivity index (χ3n) is 5.14. The lowest BCUT2D eigenvalue weighted by Gasteiger charge is -2.30. The predicted octanol–water partition coefficient (Wildman–Crippen LogP) is 2.44. The fourth-order valence-electron chi connectivity index (χ4n) is 3.64. The molecule has 1 aromatic heterocycles. The van der Waals surface area contributed by atoms with Gasteiger partial charge >= 0.3 is 5.97 Å². The number of halogens is 2. The van der Waals surface area contributed by atoms with E-state index in [4.69, 9.17) is 0 Å². The van der Waals surface area contributed by atoms with Crippen molar-refractivity contribution in [2.45, 2.75) is 6.54 Å². The van der Waals surface area contributed by atoms with Crippen LogP contribution in [0.2, 0.25) is 0 Å². The molecule has 1 fully saturated rings. The Kier molecular flexibility index (Phi) is 5.02. The first-order valence-electron chi connectivity index (χ1n) is 9.25. The van der Waals surface area contributed by atoms with Crippen molar-refractivity contribution in [2.24, 2.45) is 0 Å². The third-order valence-corrected chi connectivity index (χ3v) is 5.14. The molecular weight excluding hydrogens is 380 g/mol. The van der Waals surface area contributed by atoms with Crippen LogP contribution in [0.5, 0.6) is 0 Å². The van der Waals surface area contributed by atoms with Crippen molar-refractivity contribution in [2.75, 3.05) is 31.1 Å². The summed E-state index contributed by atoms with van der Waals surface area (Å²) in [6.45, 7) is 2.63. The minimum absolute atomic E-state index is 0.0103. The number of nitrogens with one attached hydrogen (secondary N) is 1. The van der Waals surface area contributed by atoms with Gasteiger partial charge in [-0.25, -0.2) is 13.6 Å². The zero-order valence-electron chi connectivity index (χ0n) is 15.5. The summed E-state index contributed by atoms with van der Waals surface area (Å²) in [6.07, 6.45) is 1.19. The molecule has 4 rings (SSSR count). The second-order valence-corrected chi connectivity index (χ2v) is 6.95. The SMILES string of the molecule is O=C(O)c1cn(Cc2ccccc2F)c2cc(N3CCNCC3)c(F)cc2c1=O. The maximum absolute atomic E-state index is 14.8. The van der Waals surface area contributed by atoms with Gasteiger partial charge in [0.1, 0.15) is 17.2 Å². The number of rotatable bonds is 4. The molecule has 0 spiro atoms. The topological polar surface area (TPSA) is 74.6 Å². The Morgan fingerprint density at radius 3 is 2.52 bits per heavy atom. The number of aromatic carboxylic acids is 1. The minimum atomic E-state index is -1.41. The smallest absolute Gasteiger partial charge is 0.341 e. The number of nitrogens with zero attached hydrogens (tertiary/aromatic N) is 2. The molecule has 29 heavy (non-hydrogen) atoms. The number of carbonyl (C=O) groups is 1. The van der Waals surface area contributed by atoms with Crippen LogP contribution in [0.15, 0.2) is 47.4 Å². The van der Waals surface area contributed by atoms with E-state index in [2.05, 4.69) is 5.32 Å². The van der Waals surface area contributed by atoms with E-state index in [1.165, 1.54) is 16.8 Å². The van der Waals surface area contributed by atoms with Gasteiger partial charge in [0.15, 0.2) is 0 Å². The number of benzene rings is 2. The van der Waals surface area contributed by atoms with Crippen LogP contribution in [0.4, 0.5) is 14.5 Å². The minimum Gasteiger partial charge on any atom is -0.477 e. The van der Waals surface area contributed by atoms with Crippen LogP contribution < -0.4 is 15.6 Å². The molecule has 2 heterocycles. The molecule has 1 saturated heterocycles. The van der Waals surface area contributed by atoms with E-state index >= 15 is 0 Å². The molecule has 0 radical (unpaired) electrons. The average Bonchev–Trinajstić information content (AvgIpc) is 2.72. The van der Waals surface area contributed by atoms with E-state index < -0.39 is 28.6 Å². The Morgan fingerprint density at radius 1 is 1.10 bits per heavy atom. The molecule has 8 heteroatoms. The zero-order chi connectivity index (χ0) is 20.5. The van der Waals surface area contributed by atoms with Gasteiger partial charge in [-0.2, -0.15) is 0 Å². The van der Waals surface area contributed by atoms with Gasteiger partial charge < -0.3 is 19.9 Å². The van der Waals surface area contributed by atoms with Crippen molar-refractivity contribution in [1.82, 2.24) is 9.88 Å². The normalized spacial score (nSPS) is 14.3. The monoisotopic (exact) mass is 399 g/mol. The first-order chi connectivity index (χ1) is 14.0. The summed E-state index contributed by atoms with van der Waals surface area (Å²) in [5.41, 5.74) is -0.213. The molecule has 1 aliphatic rings. The van der Waals surface area contributed by atoms with Crippen molar-refractivity contribution in [1.29, 1.82) is 0 Å². The lowest BCUT2D eigenvalue weighted by Crippen LogP contribution is -2.43. The van der Waals surface area contributed by atoms with Crippen LogP contribution in [0.1, 0.15) is 15.9 Å². The number of pyridine rings is 1. The van der Waals surface area contributed by atoms with E-state index in [9.17, 15) is 23.5 Å². The maximum atomic E-state index is 14.8. The Balaban J connectivity index is 1.93. The van der Waals surface area contributed by atoms with Crippen molar-refractivity contribution >= 4 is 22.6 Å². The molecule has 0 aliphatic carbocycles. The largest absolute Gasteiger partial charge is 0.477 e. The fourth-order valence-corrected chi connectivity index (χ4v) is 3.64. The number of anilines is 1. The Morgan fingerprint density at radius 2 is 1.83 bits per heavy atom. The van der Waals surface area contributed by atoms with Crippen LogP contribution >= 0.6 is 0 Å². The van der Waals surface area contributed by atoms with Crippen LogP contribution in [-0.2, 0) is 6.54 Å². The van der Waals surface area contributed by atoms with Gasteiger partial charge in [-0.15, -0.1) is 0 Å². The van der Waals surface area contributed by atoms with Crippen molar-refractivity contribution in [3.05, 3.63) is 75.6 Å². The van der Waals surface area contributed by atoms with E-state index in [1.807, 2.05) is 4.90 Å². The van der Waals surface area contributed by atoms with Gasteiger partial charge in [0.2, 0.25) is 5.43 Å². The van der Waals surface area contributed by atoms with E-state index in [1.54, 1.807) is 24.3 Å². The lowest BCUT2D eigenvalue weighted by atomic mass is 10.1. The Bertz CT molecular complexity index is 1150. The van der Waals surface area contributed by atoms with Crippen LogP contribution in [0, 0.1) is 11.6 Å². The van der Waals surface area contributed by atoms with Crippen molar-refractivity contribution in [3.8, 4) is 0 Å². The molecule has 6 nitrogen and oxygen atoms in total. The summed E-state index contributed by atoms with van der Waals surface area (Å²) in [6, 6.07) is 8.75. The molecule has 0 saturated carbocycles. The molecule has 1 aliphatic heterocycles. The number of hydrogen-bond donors (Lipinski definition) is 2. The highest BCUT2D eigenvalue weighted by molar-refractivity contribution is 5.93. The zero-order valence-corrected chi connectivity index (χ0v) is 15.5. The van der Waals surface area contributed by atoms with Gasteiger partial charge in [0.25, 0.3) is 0 Å². The first kappa shape index (κ1) is 19.1. The molecular formula is C21H19F2N3O3. The second kappa shape index (κ2) is 7.63. The van der Waals surface area contributed by atoms with Gasteiger partial charge in [-0.1, -0.05) is 18.2 Å². The summed E-state index contributed by atoms with van der Waals surface area (Å²) in [7, 11) is 0. The van der Waals surface area contributed by atoms with Gasteiger partial charge in [-0.3, -0.25) is 4.79 Å². The molecule has 3 aromatic rings. The summed E-state index contributed by atoms with van der Waals surface area (Å²) < 4.78 is 30.5. The number of carboxylic acids is 1. The standard InChI is InChI=1S/C21H19F2N3O3/c22-16-4-2-1-3-13(16)11-26-12-15(21(28)29)20(27)14-9-17(23)19(10-18(14)26)25-7-5-24-6-8-25/h1-4,9-10,12,24H,5-8,11H2,(H,28,29). The molecule has 0 atom stereocenters. The van der Waals surface area contributed by atoms with Crippen molar-refractivity contribution in [3.63, 3.8) is 0 Å². The molecule has 2 aromatic carbocycles. The van der Waals surface area contributed by atoms with E-state index in [0.717, 1.165) is 6.07 Å². The summed E-state index contributed by atoms with van der Waals surface area (Å²) in [4.78, 5) is 26.0. The molecule has 0 unspecified atom stereocenters. The second-order valence-electron chi connectivity index (χ2n) is 6.95. The molecule has 0 bridgehead atoms. The van der Waals surface area contributed by atoms with E-state index in [0.29, 0.717) is 42.9 Å². The summed E-state index contributed by atoms with van der Waals surface area (Å²) in [5, 5.41) is 12.6. The highest BCUT2D eigenvalue weighted by Crippen LogP contribution is 2.26. The quantitative estimate of drug-likeness (QED) is 0.705. The average molecular weight is 399 g/mol. The number of aromatic nitrogens is 1.